The average molecular weight is 260 g/mol. The Bertz CT molecular complexity index is 465. The molecular weight excluding hydrogens is 240 g/mol. The van der Waals surface area contributed by atoms with Gasteiger partial charge < -0.3 is 15.4 Å². The molecule has 1 unspecified atom stereocenters. The third kappa shape index (κ3) is 2.89. The summed E-state index contributed by atoms with van der Waals surface area (Å²) in [6.45, 7) is 1.69. The van der Waals surface area contributed by atoms with Crippen molar-refractivity contribution in [3.05, 3.63) is 23.8 Å². The maximum absolute atomic E-state index is 12.2. The first-order chi connectivity index (χ1) is 9.33. The van der Waals surface area contributed by atoms with Crippen molar-refractivity contribution in [3.63, 3.8) is 0 Å². The molecule has 4 nitrogen and oxygen atoms in total. The van der Waals surface area contributed by atoms with Gasteiger partial charge in [-0.25, -0.2) is 0 Å². The first-order valence-electron chi connectivity index (χ1n) is 7.13. The highest BCUT2D eigenvalue weighted by molar-refractivity contribution is 5.95. The lowest BCUT2D eigenvalue weighted by atomic mass is 10.1. The average Bonchev–Trinajstić information content (AvgIpc) is 2.71. The quantitative estimate of drug-likeness (QED) is 0.856. The molecule has 0 aromatic heterocycles. The monoisotopic (exact) mass is 260 g/mol. The molecule has 1 fully saturated rings. The van der Waals surface area contributed by atoms with E-state index in [-0.39, 0.29) is 11.9 Å². The summed E-state index contributed by atoms with van der Waals surface area (Å²) in [4.78, 5) is 12.2. The maximum Gasteiger partial charge on any atom is 0.241 e. The Kier molecular flexibility index (Phi) is 3.69. The summed E-state index contributed by atoms with van der Waals surface area (Å²) in [7, 11) is 0. The Morgan fingerprint density at radius 2 is 2.26 bits per heavy atom. The maximum atomic E-state index is 12.2. The Hall–Kier alpha value is -1.55. The summed E-state index contributed by atoms with van der Waals surface area (Å²) in [5.74, 6) is 1.03. The molecule has 1 amide bonds. The third-order valence-corrected chi connectivity index (χ3v) is 3.83. The van der Waals surface area contributed by atoms with Crippen molar-refractivity contribution in [2.75, 3.05) is 18.5 Å². The van der Waals surface area contributed by atoms with Gasteiger partial charge in [0, 0.05) is 12.1 Å². The normalized spacial score (nSPS) is 22.2. The number of carbonyl (C=O) groups is 1. The molecule has 0 saturated carbocycles. The van der Waals surface area contributed by atoms with E-state index in [0.29, 0.717) is 0 Å². The summed E-state index contributed by atoms with van der Waals surface area (Å²) >= 11 is 0. The number of ether oxygens (including phenoxy) is 1. The van der Waals surface area contributed by atoms with Crippen LogP contribution in [-0.2, 0) is 11.2 Å². The summed E-state index contributed by atoms with van der Waals surface area (Å²) in [5.41, 5.74) is 2.06. The molecule has 2 heterocycles. The number of benzene rings is 1. The summed E-state index contributed by atoms with van der Waals surface area (Å²) in [6, 6.07) is 5.83. The number of anilines is 1. The molecule has 3 rings (SSSR count). The molecule has 4 heteroatoms. The van der Waals surface area contributed by atoms with Crippen molar-refractivity contribution in [2.45, 2.75) is 38.1 Å². The fourth-order valence-corrected chi connectivity index (χ4v) is 2.75. The second kappa shape index (κ2) is 5.61. The summed E-state index contributed by atoms with van der Waals surface area (Å²) < 4.78 is 5.47. The second-order valence-electron chi connectivity index (χ2n) is 5.27. The highest BCUT2D eigenvalue weighted by atomic mass is 16.5. The SMILES string of the molecule is O=C(Nc1ccc2c(c1)CCO2)C1CCCCCN1. The summed E-state index contributed by atoms with van der Waals surface area (Å²) in [6.07, 6.45) is 5.37. The number of amides is 1. The molecule has 1 aromatic rings. The van der Waals surface area contributed by atoms with Crippen LogP contribution in [-0.4, -0.2) is 25.1 Å². The van der Waals surface area contributed by atoms with E-state index in [0.717, 1.165) is 43.9 Å². The van der Waals surface area contributed by atoms with E-state index < -0.39 is 0 Å². The first kappa shape index (κ1) is 12.5. The lowest BCUT2D eigenvalue weighted by Crippen LogP contribution is -2.39. The minimum atomic E-state index is -0.0491. The van der Waals surface area contributed by atoms with E-state index >= 15 is 0 Å². The van der Waals surface area contributed by atoms with Crippen LogP contribution in [0.25, 0.3) is 0 Å². The van der Waals surface area contributed by atoms with Crippen molar-refractivity contribution in [1.29, 1.82) is 0 Å². The van der Waals surface area contributed by atoms with Crippen LogP contribution in [0, 0.1) is 0 Å². The fourth-order valence-electron chi connectivity index (χ4n) is 2.75. The number of hydrogen-bond donors (Lipinski definition) is 2. The highest BCUT2D eigenvalue weighted by Crippen LogP contribution is 2.28. The van der Waals surface area contributed by atoms with Crippen LogP contribution in [0.5, 0.6) is 5.75 Å². The number of carbonyl (C=O) groups excluding carboxylic acids is 1. The van der Waals surface area contributed by atoms with E-state index in [4.69, 9.17) is 4.74 Å². The van der Waals surface area contributed by atoms with Gasteiger partial charge in [0.15, 0.2) is 0 Å². The van der Waals surface area contributed by atoms with Crippen LogP contribution in [0.4, 0.5) is 5.69 Å². The van der Waals surface area contributed by atoms with Gasteiger partial charge in [0.05, 0.1) is 12.6 Å². The van der Waals surface area contributed by atoms with Crippen molar-refractivity contribution >= 4 is 11.6 Å². The van der Waals surface area contributed by atoms with Gasteiger partial charge in [-0.2, -0.15) is 0 Å². The minimum Gasteiger partial charge on any atom is -0.493 e. The predicted octanol–water partition coefficient (Wildman–Crippen LogP) is 2.09. The van der Waals surface area contributed by atoms with Crippen molar-refractivity contribution in [3.8, 4) is 5.75 Å². The van der Waals surface area contributed by atoms with Gasteiger partial charge in [-0.05, 0) is 43.1 Å². The lowest BCUT2D eigenvalue weighted by Gasteiger charge is -2.15. The Labute approximate surface area is 113 Å². The minimum absolute atomic E-state index is 0.0491. The van der Waals surface area contributed by atoms with Gasteiger partial charge in [0.1, 0.15) is 5.75 Å². The smallest absolute Gasteiger partial charge is 0.241 e. The molecule has 102 valence electrons. The second-order valence-corrected chi connectivity index (χ2v) is 5.27. The van der Waals surface area contributed by atoms with Crippen LogP contribution < -0.4 is 15.4 Å². The van der Waals surface area contributed by atoms with Crippen molar-refractivity contribution < 1.29 is 9.53 Å². The van der Waals surface area contributed by atoms with Gasteiger partial charge in [0.25, 0.3) is 0 Å². The molecule has 0 aliphatic carbocycles. The van der Waals surface area contributed by atoms with Crippen LogP contribution >= 0.6 is 0 Å². The van der Waals surface area contributed by atoms with Gasteiger partial charge in [0.2, 0.25) is 5.91 Å². The molecule has 2 aliphatic rings. The van der Waals surface area contributed by atoms with Crippen molar-refractivity contribution in [2.24, 2.45) is 0 Å². The van der Waals surface area contributed by atoms with E-state index in [1.54, 1.807) is 0 Å². The standard InChI is InChI=1S/C15H20N2O2/c18-15(13-4-2-1-3-8-16-13)17-12-5-6-14-11(10-12)7-9-19-14/h5-6,10,13,16H,1-4,7-9H2,(H,17,18). The van der Waals surface area contributed by atoms with Crippen molar-refractivity contribution in [1.82, 2.24) is 5.32 Å². The molecule has 0 spiro atoms. The third-order valence-electron chi connectivity index (χ3n) is 3.83. The molecule has 0 radical (unpaired) electrons. The zero-order valence-corrected chi connectivity index (χ0v) is 11.1. The number of hydrogen-bond acceptors (Lipinski definition) is 3. The van der Waals surface area contributed by atoms with Crippen LogP contribution in [0.1, 0.15) is 31.2 Å². The van der Waals surface area contributed by atoms with Crippen LogP contribution in [0.3, 0.4) is 0 Å². The molecule has 1 aromatic carbocycles. The Balaban J connectivity index is 1.65. The van der Waals surface area contributed by atoms with Gasteiger partial charge in [-0.1, -0.05) is 12.8 Å². The highest BCUT2D eigenvalue weighted by Gasteiger charge is 2.20. The molecule has 0 bridgehead atoms. The predicted molar refractivity (Wildman–Crippen MR) is 74.5 cm³/mol. The Morgan fingerprint density at radius 3 is 3.21 bits per heavy atom. The van der Waals surface area contributed by atoms with Gasteiger partial charge >= 0.3 is 0 Å². The largest absolute Gasteiger partial charge is 0.493 e. The molecular formula is C15H20N2O2. The fraction of sp³-hybridized carbons (Fsp3) is 0.533. The van der Waals surface area contributed by atoms with E-state index in [1.165, 1.54) is 18.4 Å². The van der Waals surface area contributed by atoms with Crippen LogP contribution in [0.2, 0.25) is 0 Å². The molecule has 1 atom stereocenters. The van der Waals surface area contributed by atoms with Gasteiger partial charge in [-0.15, -0.1) is 0 Å². The van der Waals surface area contributed by atoms with E-state index in [2.05, 4.69) is 10.6 Å². The van der Waals surface area contributed by atoms with E-state index in [9.17, 15) is 4.79 Å². The first-order valence-corrected chi connectivity index (χ1v) is 7.13. The van der Waals surface area contributed by atoms with E-state index in [1.807, 2.05) is 18.2 Å². The topological polar surface area (TPSA) is 50.4 Å². The number of fused-ring (bicyclic) bond motifs is 1. The zero-order valence-electron chi connectivity index (χ0n) is 11.1. The number of nitrogens with one attached hydrogen (secondary N) is 2. The molecule has 19 heavy (non-hydrogen) atoms. The van der Waals surface area contributed by atoms with Crippen LogP contribution in [0.15, 0.2) is 18.2 Å². The zero-order chi connectivity index (χ0) is 13.1. The van der Waals surface area contributed by atoms with Gasteiger partial charge in [-0.3, -0.25) is 4.79 Å². The number of rotatable bonds is 2. The summed E-state index contributed by atoms with van der Waals surface area (Å²) in [5, 5.41) is 6.33. The Morgan fingerprint density at radius 1 is 1.32 bits per heavy atom. The lowest BCUT2D eigenvalue weighted by molar-refractivity contribution is -0.118. The molecule has 2 N–H and O–H groups in total. The molecule has 1 saturated heterocycles. The molecule has 2 aliphatic heterocycles.